The second kappa shape index (κ2) is 4.82. The first kappa shape index (κ1) is 12.6. The van der Waals surface area contributed by atoms with Gasteiger partial charge in [0, 0.05) is 36.7 Å². The summed E-state index contributed by atoms with van der Waals surface area (Å²) in [6.45, 7) is 5.00. The first-order valence-electron chi connectivity index (χ1n) is 6.03. The summed E-state index contributed by atoms with van der Waals surface area (Å²) in [4.78, 5) is 11.0. The lowest BCUT2D eigenvalue weighted by Gasteiger charge is -2.06. The lowest BCUT2D eigenvalue weighted by Crippen LogP contribution is -2.21. The van der Waals surface area contributed by atoms with Gasteiger partial charge < -0.3 is 15.0 Å². The van der Waals surface area contributed by atoms with Gasteiger partial charge in [0.05, 0.1) is 5.56 Å². The van der Waals surface area contributed by atoms with Crippen LogP contribution in [0.15, 0.2) is 24.4 Å². The maximum Gasteiger partial charge on any atom is 0.335 e. The van der Waals surface area contributed by atoms with Crippen LogP contribution in [0.2, 0.25) is 0 Å². The second-order valence-corrected chi connectivity index (χ2v) is 4.84. The number of carboxylic acids is 1. The Morgan fingerprint density at radius 2 is 2.17 bits per heavy atom. The highest BCUT2D eigenvalue weighted by atomic mass is 16.4. The first-order chi connectivity index (χ1) is 8.49. The fourth-order valence-corrected chi connectivity index (χ4v) is 2.06. The molecule has 0 unspecified atom stereocenters. The van der Waals surface area contributed by atoms with Crippen molar-refractivity contribution in [3.05, 3.63) is 35.5 Å². The maximum atomic E-state index is 11.0. The van der Waals surface area contributed by atoms with Crippen LogP contribution < -0.4 is 5.32 Å². The third kappa shape index (κ3) is 2.38. The van der Waals surface area contributed by atoms with E-state index in [9.17, 15) is 4.79 Å². The van der Waals surface area contributed by atoms with E-state index >= 15 is 0 Å². The molecule has 4 heteroatoms. The molecule has 0 spiro atoms. The van der Waals surface area contributed by atoms with Crippen molar-refractivity contribution in [3.63, 3.8) is 0 Å². The summed E-state index contributed by atoms with van der Waals surface area (Å²) in [6.07, 6.45) is 2.05. The van der Waals surface area contributed by atoms with Crippen LogP contribution in [0, 0.1) is 0 Å². The normalized spacial score (nSPS) is 11.3. The van der Waals surface area contributed by atoms with Crippen LogP contribution in [-0.4, -0.2) is 21.7 Å². The van der Waals surface area contributed by atoms with Crippen molar-refractivity contribution < 1.29 is 9.90 Å². The molecule has 0 amide bonds. The highest BCUT2D eigenvalue weighted by Crippen LogP contribution is 2.22. The van der Waals surface area contributed by atoms with Crippen molar-refractivity contribution in [2.75, 3.05) is 0 Å². The third-order valence-corrected chi connectivity index (χ3v) is 3.02. The number of hydrogen-bond donors (Lipinski definition) is 2. The zero-order valence-electron chi connectivity index (χ0n) is 10.9. The van der Waals surface area contributed by atoms with E-state index in [1.165, 1.54) is 5.56 Å². The van der Waals surface area contributed by atoms with Gasteiger partial charge in [0.1, 0.15) is 0 Å². The molecule has 0 fully saturated rings. The van der Waals surface area contributed by atoms with E-state index in [1.54, 1.807) is 12.1 Å². The Morgan fingerprint density at radius 3 is 2.78 bits per heavy atom. The number of carbonyl (C=O) groups is 1. The summed E-state index contributed by atoms with van der Waals surface area (Å²) in [5.74, 6) is -0.889. The Bertz CT molecular complexity index is 585. The third-order valence-electron chi connectivity index (χ3n) is 3.02. The SMILES string of the molecule is CC(C)NCc1cn(C)c2cc(C(=O)O)ccc12. The number of nitrogens with zero attached hydrogens (tertiary/aromatic N) is 1. The Hall–Kier alpha value is -1.81. The summed E-state index contributed by atoms with van der Waals surface area (Å²) >= 11 is 0. The van der Waals surface area contributed by atoms with Crippen LogP contribution >= 0.6 is 0 Å². The van der Waals surface area contributed by atoms with Crippen LogP contribution in [0.1, 0.15) is 29.8 Å². The van der Waals surface area contributed by atoms with Crippen molar-refractivity contribution in [1.82, 2.24) is 9.88 Å². The molecule has 2 N–H and O–H groups in total. The predicted molar refractivity (Wildman–Crippen MR) is 71.9 cm³/mol. The van der Waals surface area contributed by atoms with Gasteiger partial charge in [-0.1, -0.05) is 19.9 Å². The van der Waals surface area contributed by atoms with Crippen LogP contribution in [0.3, 0.4) is 0 Å². The molecule has 1 aromatic heterocycles. The van der Waals surface area contributed by atoms with E-state index in [2.05, 4.69) is 19.2 Å². The number of benzene rings is 1. The molecule has 0 atom stereocenters. The molecule has 1 heterocycles. The average Bonchev–Trinajstić information content (AvgIpc) is 2.63. The van der Waals surface area contributed by atoms with E-state index in [4.69, 9.17) is 5.11 Å². The van der Waals surface area contributed by atoms with Crippen LogP contribution in [-0.2, 0) is 13.6 Å². The largest absolute Gasteiger partial charge is 0.478 e. The molecule has 96 valence electrons. The number of aromatic carboxylic acids is 1. The smallest absolute Gasteiger partial charge is 0.335 e. The zero-order chi connectivity index (χ0) is 13.3. The molecule has 2 rings (SSSR count). The highest BCUT2D eigenvalue weighted by Gasteiger charge is 2.10. The Morgan fingerprint density at radius 1 is 1.44 bits per heavy atom. The molecule has 4 nitrogen and oxygen atoms in total. The molecule has 1 aromatic carbocycles. The van der Waals surface area contributed by atoms with Crippen LogP contribution in [0.25, 0.3) is 10.9 Å². The van der Waals surface area contributed by atoms with Gasteiger partial charge >= 0.3 is 5.97 Å². The number of aromatic nitrogens is 1. The van der Waals surface area contributed by atoms with E-state index in [-0.39, 0.29) is 0 Å². The van der Waals surface area contributed by atoms with Gasteiger partial charge in [-0.25, -0.2) is 4.79 Å². The zero-order valence-corrected chi connectivity index (χ0v) is 10.9. The van der Waals surface area contributed by atoms with Gasteiger partial charge in [-0.05, 0) is 17.7 Å². The molecule has 0 bridgehead atoms. The van der Waals surface area contributed by atoms with E-state index < -0.39 is 5.97 Å². The van der Waals surface area contributed by atoms with Gasteiger partial charge in [-0.15, -0.1) is 0 Å². The van der Waals surface area contributed by atoms with Crippen molar-refractivity contribution in [2.45, 2.75) is 26.4 Å². The van der Waals surface area contributed by atoms with Crippen LogP contribution in [0.4, 0.5) is 0 Å². The monoisotopic (exact) mass is 246 g/mol. The summed E-state index contributed by atoms with van der Waals surface area (Å²) in [5.41, 5.74) is 2.47. The summed E-state index contributed by atoms with van der Waals surface area (Å²) in [6, 6.07) is 5.69. The second-order valence-electron chi connectivity index (χ2n) is 4.84. The molecule has 0 saturated carbocycles. The standard InChI is InChI=1S/C14H18N2O2/c1-9(2)15-7-11-8-16(3)13-6-10(14(17)18)4-5-12(11)13/h4-6,8-9,15H,7H2,1-3H3,(H,17,18). The number of carboxylic acid groups (broad SMARTS) is 1. The number of aryl methyl sites for hydroxylation is 1. The summed E-state index contributed by atoms with van der Waals surface area (Å²) in [5, 5.41) is 13.5. The van der Waals surface area contributed by atoms with Crippen molar-refractivity contribution >= 4 is 16.9 Å². The molecule has 2 aromatic rings. The number of fused-ring (bicyclic) bond motifs is 1. The minimum absolute atomic E-state index is 0.326. The first-order valence-corrected chi connectivity index (χ1v) is 6.03. The lowest BCUT2D eigenvalue weighted by atomic mass is 10.1. The van der Waals surface area contributed by atoms with Crippen molar-refractivity contribution in [3.8, 4) is 0 Å². The van der Waals surface area contributed by atoms with Gasteiger partial charge in [0.2, 0.25) is 0 Å². The highest BCUT2D eigenvalue weighted by molar-refractivity contribution is 5.94. The molecule has 0 aliphatic heterocycles. The van der Waals surface area contributed by atoms with E-state index in [0.29, 0.717) is 11.6 Å². The molecule has 0 saturated heterocycles. The van der Waals surface area contributed by atoms with E-state index in [1.807, 2.05) is 23.9 Å². The Balaban J connectivity index is 2.42. The molecule has 0 aliphatic carbocycles. The Kier molecular flexibility index (Phi) is 3.39. The minimum Gasteiger partial charge on any atom is -0.478 e. The van der Waals surface area contributed by atoms with Crippen LogP contribution in [0.5, 0.6) is 0 Å². The summed E-state index contributed by atoms with van der Waals surface area (Å²) < 4.78 is 1.97. The molecule has 0 radical (unpaired) electrons. The Labute approximate surface area is 106 Å². The molecular formula is C14H18N2O2. The van der Waals surface area contributed by atoms with Gasteiger partial charge in [-0.2, -0.15) is 0 Å². The summed E-state index contributed by atoms with van der Waals surface area (Å²) in [7, 11) is 1.94. The average molecular weight is 246 g/mol. The fraction of sp³-hybridized carbons (Fsp3) is 0.357. The number of nitrogens with one attached hydrogen (secondary N) is 1. The predicted octanol–water partition coefficient (Wildman–Crippen LogP) is 2.37. The minimum atomic E-state index is -0.889. The topological polar surface area (TPSA) is 54.3 Å². The molecule has 18 heavy (non-hydrogen) atoms. The fourth-order valence-electron chi connectivity index (χ4n) is 2.06. The quantitative estimate of drug-likeness (QED) is 0.870. The molecule has 0 aliphatic rings. The van der Waals surface area contributed by atoms with Crippen molar-refractivity contribution in [2.24, 2.45) is 7.05 Å². The number of hydrogen-bond acceptors (Lipinski definition) is 2. The lowest BCUT2D eigenvalue weighted by molar-refractivity contribution is 0.0697. The maximum absolute atomic E-state index is 11.0. The number of rotatable bonds is 4. The van der Waals surface area contributed by atoms with E-state index in [0.717, 1.165) is 17.4 Å². The van der Waals surface area contributed by atoms with Gasteiger partial charge in [0.25, 0.3) is 0 Å². The van der Waals surface area contributed by atoms with Gasteiger partial charge in [-0.3, -0.25) is 0 Å². The molecular weight excluding hydrogens is 228 g/mol. The van der Waals surface area contributed by atoms with Gasteiger partial charge in [0.15, 0.2) is 0 Å². The van der Waals surface area contributed by atoms with Crippen molar-refractivity contribution in [1.29, 1.82) is 0 Å².